The molecule has 1 amide bonds. The van der Waals surface area contributed by atoms with Crippen molar-refractivity contribution in [2.24, 2.45) is 0 Å². The molecule has 0 spiro atoms. The van der Waals surface area contributed by atoms with Crippen molar-refractivity contribution in [1.29, 1.82) is 0 Å². The van der Waals surface area contributed by atoms with Crippen molar-refractivity contribution in [2.75, 3.05) is 19.6 Å². The Morgan fingerprint density at radius 2 is 2.17 bits per heavy atom. The van der Waals surface area contributed by atoms with Gasteiger partial charge in [-0.1, -0.05) is 6.07 Å². The van der Waals surface area contributed by atoms with Crippen LogP contribution in [0, 0.1) is 6.92 Å². The highest BCUT2D eigenvalue weighted by atomic mass is 32.1. The van der Waals surface area contributed by atoms with Crippen LogP contribution >= 0.6 is 11.3 Å². The van der Waals surface area contributed by atoms with E-state index >= 15 is 0 Å². The molecule has 128 valence electrons. The molecule has 3 rings (SSSR count). The van der Waals surface area contributed by atoms with Gasteiger partial charge in [-0.05, 0) is 18.6 Å². The number of carbonyl (C=O) groups excluding carboxylic acids is 1. The van der Waals surface area contributed by atoms with Gasteiger partial charge >= 0.3 is 0 Å². The Bertz CT molecular complexity index is 666. The fourth-order valence-electron chi connectivity index (χ4n) is 2.77. The van der Waals surface area contributed by atoms with Gasteiger partial charge in [0, 0.05) is 56.8 Å². The molecule has 1 aliphatic rings. The fraction of sp³-hybridized carbons (Fsp3) is 0.471. The minimum absolute atomic E-state index is 0.0936. The number of aromatic nitrogens is 2. The number of piperidine rings is 1. The number of aryl methyl sites for hydroxylation is 1. The number of halogens is 1. The van der Waals surface area contributed by atoms with E-state index in [2.05, 4.69) is 15.3 Å². The number of thiazole rings is 1. The zero-order valence-electron chi connectivity index (χ0n) is 13.7. The maximum atomic E-state index is 14.9. The summed E-state index contributed by atoms with van der Waals surface area (Å²) >= 11 is 1.32. The van der Waals surface area contributed by atoms with Crippen LogP contribution in [0.15, 0.2) is 29.9 Å². The Hall–Kier alpha value is -1.86. The first-order valence-corrected chi connectivity index (χ1v) is 8.94. The summed E-state index contributed by atoms with van der Waals surface area (Å²) in [6, 6.07) is 3.94. The monoisotopic (exact) mass is 348 g/mol. The van der Waals surface area contributed by atoms with Crippen LogP contribution < -0.4 is 5.32 Å². The van der Waals surface area contributed by atoms with E-state index in [9.17, 15) is 9.18 Å². The van der Waals surface area contributed by atoms with E-state index in [1.165, 1.54) is 11.3 Å². The Morgan fingerprint density at radius 3 is 2.79 bits per heavy atom. The number of amides is 1. The molecule has 0 atom stereocenters. The largest absolute Gasteiger partial charge is 0.336 e. The Kier molecular flexibility index (Phi) is 5.20. The minimum atomic E-state index is -1.27. The molecule has 7 heteroatoms. The molecule has 1 saturated heterocycles. The lowest BCUT2D eigenvalue weighted by molar-refractivity contribution is 0.0434. The molecule has 5 nitrogen and oxygen atoms in total. The van der Waals surface area contributed by atoms with Gasteiger partial charge in [0.2, 0.25) is 0 Å². The van der Waals surface area contributed by atoms with E-state index in [0.717, 1.165) is 11.3 Å². The SMILES string of the molecule is Cc1ccc(CNCC2(F)CCN(C(=O)c3nccs3)CC2)nc1. The third kappa shape index (κ3) is 4.15. The molecular weight excluding hydrogens is 327 g/mol. The van der Waals surface area contributed by atoms with Crippen molar-refractivity contribution in [3.63, 3.8) is 0 Å². The second-order valence-corrected chi connectivity index (χ2v) is 7.11. The van der Waals surface area contributed by atoms with Crippen LogP contribution in [0.5, 0.6) is 0 Å². The van der Waals surface area contributed by atoms with Gasteiger partial charge in [0.1, 0.15) is 5.67 Å². The van der Waals surface area contributed by atoms with Crippen LogP contribution in [0.4, 0.5) is 4.39 Å². The van der Waals surface area contributed by atoms with Crippen molar-refractivity contribution in [1.82, 2.24) is 20.2 Å². The van der Waals surface area contributed by atoms with Crippen molar-refractivity contribution in [3.05, 3.63) is 46.2 Å². The number of rotatable bonds is 5. The second-order valence-electron chi connectivity index (χ2n) is 6.21. The molecule has 0 bridgehead atoms. The first kappa shape index (κ1) is 17.0. The Balaban J connectivity index is 1.46. The van der Waals surface area contributed by atoms with Gasteiger partial charge in [-0.25, -0.2) is 9.37 Å². The number of nitrogens with one attached hydrogen (secondary N) is 1. The van der Waals surface area contributed by atoms with E-state index in [4.69, 9.17) is 0 Å². The molecule has 2 aromatic rings. The smallest absolute Gasteiger partial charge is 0.282 e. The van der Waals surface area contributed by atoms with E-state index in [0.29, 0.717) is 37.5 Å². The van der Waals surface area contributed by atoms with Gasteiger partial charge in [0.15, 0.2) is 5.01 Å². The summed E-state index contributed by atoms with van der Waals surface area (Å²) in [6.07, 6.45) is 4.12. The van der Waals surface area contributed by atoms with Gasteiger partial charge in [0.25, 0.3) is 5.91 Å². The quantitative estimate of drug-likeness (QED) is 0.902. The van der Waals surface area contributed by atoms with Crippen molar-refractivity contribution >= 4 is 17.2 Å². The molecule has 0 aromatic carbocycles. The second kappa shape index (κ2) is 7.36. The molecule has 2 aromatic heterocycles. The highest BCUT2D eigenvalue weighted by Gasteiger charge is 2.36. The topological polar surface area (TPSA) is 58.1 Å². The van der Waals surface area contributed by atoms with Crippen LogP contribution in [0.2, 0.25) is 0 Å². The number of hydrogen-bond donors (Lipinski definition) is 1. The Morgan fingerprint density at radius 1 is 1.38 bits per heavy atom. The predicted octanol–water partition coefficient (Wildman–Crippen LogP) is 2.58. The van der Waals surface area contributed by atoms with Crippen LogP contribution in [0.3, 0.4) is 0 Å². The molecule has 0 radical (unpaired) electrons. The lowest BCUT2D eigenvalue weighted by Crippen LogP contribution is -2.48. The van der Waals surface area contributed by atoms with Crippen molar-refractivity contribution in [3.8, 4) is 0 Å². The number of alkyl halides is 1. The molecule has 1 fully saturated rings. The number of carbonyl (C=O) groups is 1. The highest BCUT2D eigenvalue weighted by molar-refractivity contribution is 7.11. The van der Waals surface area contributed by atoms with E-state index in [1.807, 2.05) is 25.3 Å². The van der Waals surface area contributed by atoms with Gasteiger partial charge < -0.3 is 10.2 Å². The molecule has 1 aliphatic heterocycles. The summed E-state index contributed by atoms with van der Waals surface area (Å²) in [5, 5.41) is 5.41. The molecule has 3 heterocycles. The van der Waals surface area contributed by atoms with Crippen LogP contribution in [0.1, 0.15) is 33.9 Å². The summed E-state index contributed by atoms with van der Waals surface area (Å²) in [4.78, 5) is 22.3. The highest BCUT2D eigenvalue weighted by Crippen LogP contribution is 2.27. The van der Waals surface area contributed by atoms with E-state index in [-0.39, 0.29) is 12.5 Å². The minimum Gasteiger partial charge on any atom is -0.336 e. The maximum Gasteiger partial charge on any atom is 0.282 e. The van der Waals surface area contributed by atoms with Crippen molar-refractivity contribution in [2.45, 2.75) is 32.0 Å². The normalized spacial score (nSPS) is 17.0. The molecule has 1 N–H and O–H groups in total. The molecule has 0 unspecified atom stereocenters. The zero-order valence-corrected chi connectivity index (χ0v) is 14.5. The zero-order chi connectivity index (χ0) is 17.0. The van der Waals surface area contributed by atoms with Gasteiger partial charge in [-0.15, -0.1) is 11.3 Å². The van der Waals surface area contributed by atoms with E-state index in [1.54, 1.807) is 16.5 Å². The summed E-state index contributed by atoms with van der Waals surface area (Å²) in [5.41, 5.74) is 0.739. The standard InChI is InChI=1S/C17H21FN4OS/c1-13-2-3-14(21-10-13)11-19-12-17(18)4-7-22(8-5-17)16(23)15-20-6-9-24-15/h2-3,6,9-10,19H,4-5,7-8,11-12H2,1H3. The maximum absolute atomic E-state index is 14.9. The van der Waals surface area contributed by atoms with Crippen LogP contribution in [-0.4, -0.2) is 46.1 Å². The predicted molar refractivity (Wildman–Crippen MR) is 91.8 cm³/mol. The summed E-state index contributed by atoms with van der Waals surface area (Å²) in [5.74, 6) is -0.0936. The van der Waals surface area contributed by atoms with Gasteiger partial charge in [-0.3, -0.25) is 9.78 Å². The molecule has 24 heavy (non-hydrogen) atoms. The lowest BCUT2D eigenvalue weighted by atomic mass is 9.93. The molecule has 0 saturated carbocycles. The van der Waals surface area contributed by atoms with Gasteiger partial charge in [0.05, 0.1) is 5.69 Å². The number of likely N-dealkylation sites (tertiary alicyclic amines) is 1. The molecular formula is C17H21FN4OS. The van der Waals surface area contributed by atoms with Crippen LogP contribution in [-0.2, 0) is 6.54 Å². The number of nitrogens with zero attached hydrogens (tertiary/aromatic N) is 3. The van der Waals surface area contributed by atoms with Crippen molar-refractivity contribution < 1.29 is 9.18 Å². The number of pyridine rings is 1. The lowest BCUT2D eigenvalue weighted by Gasteiger charge is -2.36. The average molecular weight is 348 g/mol. The summed E-state index contributed by atoms with van der Waals surface area (Å²) in [6.45, 7) is 3.68. The third-order valence-corrected chi connectivity index (χ3v) is 5.04. The summed E-state index contributed by atoms with van der Waals surface area (Å²) in [7, 11) is 0. The Labute approximate surface area is 144 Å². The van der Waals surface area contributed by atoms with Gasteiger partial charge in [-0.2, -0.15) is 0 Å². The van der Waals surface area contributed by atoms with E-state index < -0.39 is 5.67 Å². The first-order chi connectivity index (χ1) is 11.6. The average Bonchev–Trinajstić information content (AvgIpc) is 3.11. The van der Waals surface area contributed by atoms with Crippen LogP contribution in [0.25, 0.3) is 0 Å². The number of hydrogen-bond acceptors (Lipinski definition) is 5. The first-order valence-electron chi connectivity index (χ1n) is 8.06. The molecule has 0 aliphatic carbocycles. The third-order valence-electron chi connectivity index (χ3n) is 4.28. The summed E-state index contributed by atoms with van der Waals surface area (Å²) < 4.78 is 14.9. The fourth-order valence-corrected chi connectivity index (χ4v) is 3.37.